The van der Waals surface area contributed by atoms with Gasteiger partial charge in [0.05, 0.1) is 10.5 Å². The maximum Gasteiger partial charge on any atom is 0.339 e. The van der Waals surface area contributed by atoms with Crippen LogP contribution in [0.3, 0.4) is 0 Å². The molecule has 0 bridgehead atoms. The smallest absolute Gasteiger partial charge is 0.339 e. The molecule has 1 aromatic rings. The van der Waals surface area contributed by atoms with Gasteiger partial charge in [-0.05, 0) is 19.4 Å². The van der Waals surface area contributed by atoms with E-state index in [2.05, 4.69) is 6.58 Å². The van der Waals surface area contributed by atoms with Gasteiger partial charge in [-0.25, -0.2) is 4.79 Å². The van der Waals surface area contributed by atoms with Crippen LogP contribution in [0.15, 0.2) is 48.3 Å². The van der Waals surface area contributed by atoms with Crippen molar-refractivity contribution in [1.82, 2.24) is 0 Å². The lowest BCUT2D eigenvalue weighted by molar-refractivity contribution is -0.384. The number of aliphatic hydroxyl groups excluding tert-OH is 1. The van der Waals surface area contributed by atoms with E-state index in [1.165, 1.54) is 24.3 Å². The van der Waals surface area contributed by atoms with E-state index in [9.17, 15) is 20.0 Å². The van der Waals surface area contributed by atoms with Crippen molar-refractivity contribution in [1.29, 1.82) is 0 Å². The Labute approximate surface area is 121 Å². The van der Waals surface area contributed by atoms with Gasteiger partial charge in [-0.1, -0.05) is 18.2 Å². The topological polar surface area (TPSA) is 89.7 Å². The van der Waals surface area contributed by atoms with Gasteiger partial charge in [0.15, 0.2) is 5.60 Å². The second-order valence-electron chi connectivity index (χ2n) is 5.23. The van der Waals surface area contributed by atoms with Crippen LogP contribution in [0.5, 0.6) is 0 Å². The van der Waals surface area contributed by atoms with Gasteiger partial charge < -0.3 is 9.84 Å². The molecule has 0 aliphatic carbocycles. The Kier molecular flexibility index (Phi) is 3.55. The lowest BCUT2D eigenvalue weighted by Crippen LogP contribution is -2.22. The zero-order valence-electron chi connectivity index (χ0n) is 11.7. The number of nitrogens with zero attached hydrogens (tertiary/aromatic N) is 1. The Morgan fingerprint density at radius 1 is 1.48 bits per heavy atom. The third-order valence-electron chi connectivity index (χ3n) is 3.38. The molecule has 0 amide bonds. The lowest BCUT2D eigenvalue weighted by Gasteiger charge is -2.16. The standard InChI is InChI=1S/C15H15NO5/c1-4-11(9-6-5-7-10(8-9)16(19)20)12-13(17)15(2,3)21-14(12)18/h4-8,11,17H,1H2,2-3H3. The lowest BCUT2D eigenvalue weighted by atomic mass is 9.88. The third-order valence-corrected chi connectivity index (χ3v) is 3.38. The summed E-state index contributed by atoms with van der Waals surface area (Å²) < 4.78 is 5.11. The first kappa shape index (κ1) is 14.8. The van der Waals surface area contributed by atoms with Crippen molar-refractivity contribution in [2.75, 3.05) is 0 Å². The molecule has 1 aromatic carbocycles. The van der Waals surface area contributed by atoms with Gasteiger partial charge in [-0.3, -0.25) is 10.1 Å². The fraction of sp³-hybridized carbons (Fsp3) is 0.267. The number of nitro benzene ring substituents is 1. The van der Waals surface area contributed by atoms with Crippen LogP contribution in [-0.2, 0) is 9.53 Å². The number of carbonyl (C=O) groups excluding carboxylic acids is 1. The number of rotatable bonds is 4. The predicted molar refractivity (Wildman–Crippen MR) is 75.9 cm³/mol. The minimum atomic E-state index is -1.10. The fourth-order valence-corrected chi connectivity index (χ4v) is 2.28. The van der Waals surface area contributed by atoms with Crippen molar-refractivity contribution < 1.29 is 19.6 Å². The van der Waals surface area contributed by atoms with Gasteiger partial charge in [0, 0.05) is 18.1 Å². The summed E-state index contributed by atoms with van der Waals surface area (Å²) in [5, 5.41) is 21.0. The van der Waals surface area contributed by atoms with E-state index in [0.717, 1.165) is 0 Å². The molecule has 0 spiro atoms. The zero-order chi connectivity index (χ0) is 15.8. The molecule has 1 atom stereocenters. The fourth-order valence-electron chi connectivity index (χ4n) is 2.28. The highest BCUT2D eigenvalue weighted by molar-refractivity contribution is 5.94. The van der Waals surface area contributed by atoms with E-state index in [-0.39, 0.29) is 17.0 Å². The quantitative estimate of drug-likeness (QED) is 0.398. The summed E-state index contributed by atoms with van der Waals surface area (Å²) >= 11 is 0. The van der Waals surface area contributed by atoms with Gasteiger partial charge in [0.1, 0.15) is 5.76 Å². The van der Waals surface area contributed by atoms with Crippen LogP contribution >= 0.6 is 0 Å². The Balaban J connectivity index is 2.53. The average molecular weight is 289 g/mol. The first-order valence-electron chi connectivity index (χ1n) is 6.32. The normalized spacial score (nSPS) is 18.3. The van der Waals surface area contributed by atoms with Crippen molar-refractivity contribution in [2.45, 2.75) is 25.4 Å². The van der Waals surface area contributed by atoms with Crippen LogP contribution in [0.1, 0.15) is 25.3 Å². The minimum Gasteiger partial charge on any atom is -0.507 e. The molecular formula is C15H15NO5. The summed E-state index contributed by atoms with van der Waals surface area (Å²) in [6, 6.07) is 5.87. The van der Waals surface area contributed by atoms with E-state index in [1.54, 1.807) is 19.9 Å². The van der Waals surface area contributed by atoms with Gasteiger partial charge in [-0.2, -0.15) is 0 Å². The van der Waals surface area contributed by atoms with Crippen LogP contribution in [0.2, 0.25) is 0 Å². The molecule has 0 saturated carbocycles. The number of carbonyl (C=O) groups is 1. The first-order valence-corrected chi connectivity index (χ1v) is 6.32. The Morgan fingerprint density at radius 2 is 2.14 bits per heavy atom. The number of allylic oxidation sites excluding steroid dienone is 1. The second kappa shape index (κ2) is 5.05. The predicted octanol–water partition coefficient (Wildman–Crippen LogP) is 3.01. The monoisotopic (exact) mass is 289 g/mol. The Hall–Kier alpha value is -2.63. The number of ether oxygens (including phenoxy) is 1. The second-order valence-corrected chi connectivity index (χ2v) is 5.23. The van der Waals surface area contributed by atoms with Crippen LogP contribution in [0.4, 0.5) is 5.69 Å². The molecule has 1 N–H and O–H groups in total. The first-order chi connectivity index (χ1) is 9.77. The number of aliphatic hydroxyl groups is 1. The van der Waals surface area contributed by atoms with Crippen LogP contribution in [-0.4, -0.2) is 21.6 Å². The van der Waals surface area contributed by atoms with Crippen molar-refractivity contribution in [2.24, 2.45) is 0 Å². The Morgan fingerprint density at radius 3 is 2.62 bits per heavy atom. The number of non-ortho nitro benzene ring substituents is 1. The summed E-state index contributed by atoms with van der Waals surface area (Å²) in [7, 11) is 0. The summed E-state index contributed by atoms with van der Waals surface area (Å²) in [5.74, 6) is -1.49. The van der Waals surface area contributed by atoms with Crippen LogP contribution in [0.25, 0.3) is 0 Å². The molecule has 1 heterocycles. The SMILES string of the molecule is C=CC(C1=C(O)C(C)(C)OC1=O)c1cccc([N+](=O)[O-])c1. The number of nitro groups is 1. The van der Waals surface area contributed by atoms with Crippen molar-refractivity contribution >= 4 is 11.7 Å². The molecule has 2 rings (SSSR count). The summed E-state index contributed by atoms with van der Waals surface area (Å²) in [5.41, 5.74) is -0.634. The van der Waals surface area contributed by atoms with Gasteiger partial charge in [-0.15, -0.1) is 6.58 Å². The highest BCUT2D eigenvalue weighted by atomic mass is 16.6. The van der Waals surface area contributed by atoms with Gasteiger partial charge in [0.2, 0.25) is 0 Å². The highest BCUT2D eigenvalue weighted by Crippen LogP contribution is 2.39. The minimum absolute atomic E-state index is 0.0653. The largest absolute Gasteiger partial charge is 0.507 e. The third kappa shape index (κ3) is 2.52. The highest BCUT2D eigenvalue weighted by Gasteiger charge is 2.43. The molecule has 1 aliphatic rings. The van der Waals surface area contributed by atoms with Crippen molar-refractivity contribution in [3.63, 3.8) is 0 Å². The average Bonchev–Trinajstić information content (AvgIpc) is 2.62. The number of benzene rings is 1. The summed E-state index contributed by atoms with van der Waals surface area (Å²) in [6.45, 7) is 6.79. The van der Waals surface area contributed by atoms with Gasteiger partial charge >= 0.3 is 5.97 Å². The number of esters is 1. The number of cyclic esters (lactones) is 1. The zero-order valence-corrected chi connectivity index (χ0v) is 11.7. The molecule has 21 heavy (non-hydrogen) atoms. The van der Waals surface area contributed by atoms with E-state index < -0.39 is 22.4 Å². The molecular weight excluding hydrogens is 274 g/mol. The van der Waals surface area contributed by atoms with Crippen molar-refractivity contribution in [3.8, 4) is 0 Å². The Bertz CT molecular complexity index is 660. The molecule has 1 aliphatic heterocycles. The van der Waals surface area contributed by atoms with Crippen LogP contribution in [0, 0.1) is 10.1 Å². The van der Waals surface area contributed by atoms with E-state index in [0.29, 0.717) is 5.56 Å². The molecule has 0 fully saturated rings. The molecule has 6 nitrogen and oxygen atoms in total. The molecule has 110 valence electrons. The summed E-state index contributed by atoms with van der Waals surface area (Å²) in [4.78, 5) is 22.3. The van der Waals surface area contributed by atoms with E-state index in [1.807, 2.05) is 0 Å². The van der Waals surface area contributed by atoms with E-state index >= 15 is 0 Å². The van der Waals surface area contributed by atoms with Crippen molar-refractivity contribution in [3.05, 3.63) is 63.9 Å². The summed E-state index contributed by atoms with van der Waals surface area (Å²) in [6.07, 6.45) is 1.45. The van der Waals surface area contributed by atoms with E-state index in [4.69, 9.17) is 4.74 Å². The maximum absolute atomic E-state index is 12.0. The molecule has 0 aromatic heterocycles. The number of hydrogen-bond donors (Lipinski definition) is 1. The van der Waals surface area contributed by atoms with Crippen LogP contribution < -0.4 is 0 Å². The number of hydrogen-bond acceptors (Lipinski definition) is 5. The van der Waals surface area contributed by atoms with Gasteiger partial charge in [0.25, 0.3) is 5.69 Å². The molecule has 1 unspecified atom stereocenters. The molecule has 0 radical (unpaired) electrons. The maximum atomic E-state index is 12.0. The molecule has 0 saturated heterocycles. The molecule has 6 heteroatoms.